The predicted molar refractivity (Wildman–Crippen MR) is 400 cm³/mol. The van der Waals surface area contributed by atoms with Gasteiger partial charge in [-0.05, 0) is 239 Å². The van der Waals surface area contributed by atoms with E-state index in [0.717, 1.165) is 0 Å². The number of rotatable bonds is 11. The monoisotopic (exact) mass is 1210 g/mol. The van der Waals surface area contributed by atoms with Crippen LogP contribution < -0.4 is 9.80 Å². The fraction of sp³-hybridized carbons (Fsp3) is 0.196. The number of hydrogen-bond donors (Lipinski definition) is 0. The lowest BCUT2D eigenvalue weighted by Gasteiger charge is -2.35. The number of nitrogens with zero attached hydrogens (tertiary/aromatic N) is 2. The minimum atomic E-state index is -0.199. The Bertz CT molecular complexity index is 5030. The normalized spacial score (nSPS) is 17.4. The molecule has 2 unspecified atom stereocenters. The summed E-state index contributed by atoms with van der Waals surface area (Å²) in [6.45, 7) is 28.0. The number of allylic oxidation sites excluding steroid dienone is 3. The summed E-state index contributed by atoms with van der Waals surface area (Å²) in [5.41, 5.74) is 38.0. The minimum Gasteiger partial charge on any atom is -0.311 e. The van der Waals surface area contributed by atoms with Crippen molar-refractivity contribution < 1.29 is 0 Å². The molecule has 0 N–H and O–H groups in total. The van der Waals surface area contributed by atoms with Crippen LogP contribution in [0.4, 0.5) is 28.4 Å². The summed E-state index contributed by atoms with van der Waals surface area (Å²) in [6.07, 6.45) is 16.5. The lowest BCUT2D eigenvalue weighted by Crippen LogP contribution is -2.28. The van der Waals surface area contributed by atoms with E-state index in [9.17, 15) is 0 Å². The van der Waals surface area contributed by atoms with Crippen molar-refractivity contribution in [3.63, 3.8) is 0 Å². The molecule has 0 aromatic heterocycles. The lowest BCUT2D eigenvalue weighted by atomic mass is 9.74. The molecule has 0 radical (unpaired) electrons. The van der Waals surface area contributed by atoms with Crippen LogP contribution >= 0.6 is 0 Å². The first kappa shape index (κ1) is 59.0. The molecule has 94 heavy (non-hydrogen) atoms. The van der Waals surface area contributed by atoms with Crippen molar-refractivity contribution in [2.75, 3.05) is 9.80 Å². The number of aryl methyl sites for hydroxylation is 4. The van der Waals surface area contributed by atoms with Crippen LogP contribution in [0.3, 0.4) is 0 Å². The second-order valence-electron chi connectivity index (χ2n) is 29.8. The first-order valence-corrected chi connectivity index (χ1v) is 33.9. The molecule has 2 nitrogen and oxygen atoms in total. The maximum absolute atomic E-state index is 2.57. The first-order chi connectivity index (χ1) is 45.2. The highest BCUT2D eigenvalue weighted by Gasteiger charge is 2.46. The van der Waals surface area contributed by atoms with Crippen LogP contribution in [0.1, 0.15) is 150 Å². The van der Waals surface area contributed by atoms with Gasteiger partial charge < -0.3 is 9.80 Å². The van der Waals surface area contributed by atoms with Gasteiger partial charge in [-0.25, -0.2) is 0 Å². The van der Waals surface area contributed by atoms with Gasteiger partial charge in [-0.1, -0.05) is 256 Å². The van der Waals surface area contributed by atoms with Gasteiger partial charge in [0.25, 0.3) is 0 Å². The van der Waals surface area contributed by atoms with Gasteiger partial charge in [0.1, 0.15) is 0 Å². The van der Waals surface area contributed by atoms with Gasteiger partial charge in [0.2, 0.25) is 0 Å². The van der Waals surface area contributed by atoms with E-state index >= 15 is 0 Å². The Morgan fingerprint density at radius 1 is 0.309 bits per heavy atom. The molecule has 2 atom stereocenters. The largest absolute Gasteiger partial charge is 0.311 e. The summed E-state index contributed by atoms with van der Waals surface area (Å²) in [5.74, 6) is 0.742. The number of anilines is 5. The van der Waals surface area contributed by atoms with Crippen LogP contribution in [0.25, 0.3) is 68.8 Å². The molecule has 11 aromatic carbocycles. The molecule has 0 fully saturated rings. The van der Waals surface area contributed by atoms with E-state index in [4.69, 9.17) is 0 Å². The molecule has 0 amide bonds. The third-order valence-electron chi connectivity index (χ3n) is 22.0. The Labute approximate surface area is 557 Å². The van der Waals surface area contributed by atoms with Crippen molar-refractivity contribution in [1.29, 1.82) is 0 Å². The maximum atomic E-state index is 2.57. The van der Waals surface area contributed by atoms with Gasteiger partial charge in [-0.3, -0.25) is 0 Å². The lowest BCUT2D eigenvalue weighted by molar-refractivity contribution is 0.392. The second-order valence-corrected chi connectivity index (χ2v) is 29.8. The van der Waals surface area contributed by atoms with E-state index in [-0.39, 0.29) is 21.7 Å². The van der Waals surface area contributed by atoms with Crippen LogP contribution in [0.2, 0.25) is 0 Å². The minimum absolute atomic E-state index is 0.0222. The molecule has 0 bridgehead atoms. The molecule has 16 rings (SSSR count). The topological polar surface area (TPSA) is 6.48 Å². The Morgan fingerprint density at radius 2 is 0.670 bits per heavy atom. The predicted octanol–water partition coefficient (Wildman–Crippen LogP) is 24.6. The SMILES string of the molecule is Cc1cc(C)cc(N(C2=CC3C(C=C2)c2ccccc2C3(C)C)c2ccc3c(c2)C(C)(C)c2cc(/C=C/c4ccc(-c5ccc(/C=C/c6ccc7c(c6)C(C)(C)c6cc(N(c8cc(C)cc(C)c8)c8ccc9c(c8)C(C)(C)c8ccccc8-9)ccc6-7)cc5)cc4)ccc2-3)c1. The Hall–Kier alpha value is -10.0. The van der Waals surface area contributed by atoms with Crippen molar-refractivity contribution in [3.05, 3.63) is 337 Å². The summed E-state index contributed by atoms with van der Waals surface area (Å²) < 4.78 is 0. The summed E-state index contributed by atoms with van der Waals surface area (Å²) in [7, 11) is 0. The summed E-state index contributed by atoms with van der Waals surface area (Å²) in [4.78, 5) is 4.99. The molecule has 0 aliphatic heterocycles. The van der Waals surface area contributed by atoms with Crippen LogP contribution in [-0.2, 0) is 21.7 Å². The summed E-state index contributed by atoms with van der Waals surface area (Å²) >= 11 is 0. The first-order valence-electron chi connectivity index (χ1n) is 33.9. The maximum Gasteiger partial charge on any atom is 0.0466 e. The number of benzene rings is 11. The second kappa shape index (κ2) is 21.8. The molecule has 11 aromatic rings. The van der Waals surface area contributed by atoms with Crippen LogP contribution in [0.15, 0.2) is 248 Å². The Kier molecular flexibility index (Phi) is 13.7. The molecule has 0 saturated heterocycles. The van der Waals surface area contributed by atoms with E-state index in [1.165, 1.54) is 168 Å². The smallest absolute Gasteiger partial charge is 0.0466 e. The summed E-state index contributed by atoms with van der Waals surface area (Å²) in [6, 6.07) is 85.4. The molecule has 0 saturated carbocycles. The quantitative estimate of drug-likeness (QED) is 0.119. The van der Waals surface area contributed by atoms with Gasteiger partial charge in [0.15, 0.2) is 0 Å². The Morgan fingerprint density at radius 3 is 1.15 bits per heavy atom. The van der Waals surface area contributed by atoms with Crippen molar-refractivity contribution in [3.8, 4) is 44.5 Å². The van der Waals surface area contributed by atoms with Crippen molar-refractivity contribution in [2.24, 2.45) is 5.92 Å². The zero-order valence-corrected chi connectivity index (χ0v) is 56.5. The number of hydrogen-bond acceptors (Lipinski definition) is 2. The van der Waals surface area contributed by atoms with Gasteiger partial charge in [-0.15, -0.1) is 0 Å². The van der Waals surface area contributed by atoms with E-state index in [2.05, 4.69) is 360 Å². The molecule has 0 heterocycles. The Balaban J connectivity index is 0.606. The van der Waals surface area contributed by atoms with E-state index in [1.807, 2.05) is 0 Å². The third-order valence-corrected chi connectivity index (χ3v) is 22.0. The van der Waals surface area contributed by atoms with Crippen LogP contribution in [0.5, 0.6) is 0 Å². The fourth-order valence-electron chi connectivity index (χ4n) is 17.1. The zero-order chi connectivity index (χ0) is 64.7. The van der Waals surface area contributed by atoms with E-state index < -0.39 is 0 Å². The molecule has 5 aliphatic rings. The molecule has 0 spiro atoms. The molecule has 460 valence electrons. The average molecular weight is 1220 g/mol. The zero-order valence-electron chi connectivity index (χ0n) is 56.5. The molecule has 5 aliphatic carbocycles. The molecule has 2 heteroatoms. The van der Waals surface area contributed by atoms with Crippen molar-refractivity contribution in [2.45, 2.75) is 111 Å². The summed E-state index contributed by atoms with van der Waals surface area (Å²) in [5, 5.41) is 0. The number of fused-ring (bicyclic) bond motifs is 12. The third kappa shape index (κ3) is 9.65. The van der Waals surface area contributed by atoms with Gasteiger partial charge in [-0.2, -0.15) is 0 Å². The van der Waals surface area contributed by atoms with Crippen LogP contribution in [0, 0.1) is 33.6 Å². The van der Waals surface area contributed by atoms with Crippen molar-refractivity contribution in [1.82, 2.24) is 0 Å². The van der Waals surface area contributed by atoms with Gasteiger partial charge in [0.05, 0.1) is 0 Å². The molecular weight excluding hydrogens is 1130 g/mol. The van der Waals surface area contributed by atoms with Gasteiger partial charge in [0, 0.05) is 56.3 Å². The van der Waals surface area contributed by atoms with E-state index in [1.54, 1.807) is 0 Å². The van der Waals surface area contributed by atoms with Crippen LogP contribution in [-0.4, -0.2) is 0 Å². The highest BCUT2D eigenvalue weighted by molar-refractivity contribution is 5.91. The van der Waals surface area contributed by atoms with Crippen molar-refractivity contribution >= 4 is 52.7 Å². The molecular formula is C92H82N2. The standard InChI is InChI=1S/C92H82N2/c1-57-45-58(2)48-71(47-57)93(67-35-41-77-73-17-13-15-19-81(73)89(5,6)85(77)53-67)69-37-43-79-75-39-29-63(51-83(75)91(9,10)87(79)55-69)23-21-61-25-31-65(32-26-61)66-33-27-62(28-34-66)22-24-64-30-40-76-80-44-38-70(56-88(80)92(11,12)84(76)52-64)94(72-49-59(3)46-60(4)50-72)68-36-42-78-74-18-14-16-20-82(74)90(7,8)86(78)54-68/h13-56,77,85H,1-12H3/b23-21+,24-22+. The van der Waals surface area contributed by atoms with E-state index in [0.29, 0.717) is 11.8 Å². The highest BCUT2D eigenvalue weighted by atomic mass is 15.2. The fourth-order valence-corrected chi connectivity index (χ4v) is 17.1. The highest BCUT2D eigenvalue weighted by Crippen LogP contribution is 2.57. The average Bonchev–Trinajstić information content (AvgIpc) is 1.55. The van der Waals surface area contributed by atoms with Gasteiger partial charge >= 0.3 is 0 Å².